The van der Waals surface area contributed by atoms with Gasteiger partial charge in [-0.05, 0) is 55.2 Å². The highest BCUT2D eigenvalue weighted by Crippen LogP contribution is 2.36. The summed E-state index contributed by atoms with van der Waals surface area (Å²) in [6.45, 7) is 5.83. The maximum atomic E-state index is 13.6. The van der Waals surface area contributed by atoms with Gasteiger partial charge in [0, 0.05) is 28.3 Å². The summed E-state index contributed by atoms with van der Waals surface area (Å²) >= 11 is 1.43. The molecule has 1 aromatic heterocycles. The van der Waals surface area contributed by atoms with Crippen LogP contribution in [0.4, 0.5) is 0 Å². The summed E-state index contributed by atoms with van der Waals surface area (Å²) in [6, 6.07) is 14.4. The fourth-order valence-electron chi connectivity index (χ4n) is 4.43. The Morgan fingerprint density at radius 3 is 2.62 bits per heavy atom. The molecule has 1 aliphatic rings. The molecule has 0 saturated heterocycles. The molecule has 0 radical (unpaired) electrons. The predicted molar refractivity (Wildman–Crippen MR) is 143 cm³/mol. The number of ketones is 1. The number of esters is 1. The number of benzene rings is 2. The van der Waals surface area contributed by atoms with Crippen molar-refractivity contribution < 1.29 is 27.5 Å². The number of carbonyl (C=O) groups is 2. The maximum Gasteiger partial charge on any atom is 0.306 e. The van der Waals surface area contributed by atoms with Crippen molar-refractivity contribution in [2.75, 3.05) is 13.7 Å². The highest BCUT2D eigenvalue weighted by Gasteiger charge is 2.34. The smallest absolute Gasteiger partial charge is 0.306 e. The summed E-state index contributed by atoms with van der Waals surface area (Å²) in [7, 11) is -2.44. The molecule has 7 nitrogen and oxygen atoms in total. The predicted octanol–water partition coefficient (Wildman–Crippen LogP) is 5.32. The molecule has 1 aliphatic heterocycles. The van der Waals surface area contributed by atoms with Crippen molar-refractivity contribution in [2.24, 2.45) is 0 Å². The van der Waals surface area contributed by atoms with E-state index in [1.807, 2.05) is 38.1 Å². The SMILES string of the molecule is CC[C@@H]1CN(Cc2cc(C(CC(=O)OC)c3cc(C(C)=O)cs3)ccc2C)S(=O)(=O)c2ccccc2O1. The lowest BCUT2D eigenvalue weighted by Gasteiger charge is -2.24. The molecule has 37 heavy (non-hydrogen) atoms. The standard InChI is InChI=1S/C28H31NO6S2/c1-5-23-16-29(37(32,33)27-9-7-6-8-25(27)35-23)15-21-12-20(11-10-18(21)2)24(14-28(31)34-4)26-13-22(17-36-26)19(3)30/h6-13,17,23-24H,5,14-16H2,1-4H3/t23-,24?/m1/s1. The minimum absolute atomic E-state index is 0.0386. The Labute approximate surface area is 222 Å². The van der Waals surface area contributed by atoms with Crippen LogP contribution in [0.15, 0.2) is 58.8 Å². The number of rotatable bonds is 8. The molecule has 4 rings (SSSR count). The van der Waals surface area contributed by atoms with Crippen molar-refractivity contribution in [3.05, 3.63) is 81.0 Å². The fraction of sp³-hybridized carbons (Fsp3) is 0.357. The van der Waals surface area contributed by atoms with Gasteiger partial charge in [-0.2, -0.15) is 4.31 Å². The Kier molecular flexibility index (Phi) is 8.16. The van der Waals surface area contributed by atoms with E-state index < -0.39 is 10.0 Å². The third kappa shape index (κ3) is 5.79. The van der Waals surface area contributed by atoms with Gasteiger partial charge in [0.1, 0.15) is 16.7 Å². The second-order valence-electron chi connectivity index (χ2n) is 9.21. The molecule has 1 unspecified atom stereocenters. The Morgan fingerprint density at radius 1 is 1.19 bits per heavy atom. The number of ether oxygens (including phenoxy) is 2. The highest BCUT2D eigenvalue weighted by molar-refractivity contribution is 7.89. The summed E-state index contributed by atoms with van der Waals surface area (Å²) in [6.07, 6.45) is 0.500. The van der Waals surface area contributed by atoms with Crippen molar-refractivity contribution >= 4 is 33.1 Å². The van der Waals surface area contributed by atoms with E-state index in [1.54, 1.807) is 29.6 Å². The summed E-state index contributed by atoms with van der Waals surface area (Å²) in [5.41, 5.74) is 3.24. The van der Waals surface area contributed by atoms with Gasteiger partial charge in [0.25, 0.3) is 0 Å². The summed E-state index contributed by atoms with van der Waals surface area (Å²) in [5, 5.41) is 1.79. The van der Waals surface area contributed by atoms with E-state index in [1.165, 1.54) is 29.7 Å². The first-order chi connectivity index (χ1) is 17.6. The lowest BCUT2D eigenvalue weighted by atomic mass is 9.91. The van der Waals surface area contributed by atoms with E-state index in [4.69, 9.17) is 9.47 Å². The number of Topliss-reactive ketones (excluding diaryl/α,β-unsaturated/α-hetero) is 1. The molecule has 0 aliphatic carbocycles. The van der Waals surface area contributed by atoms with Crippen LogP contribution in [0.3, 0.4) is 0 Å². The summed E-state index contributed by atoms with van der Waals surface area (Å²) in [4.78, 5) is 25.2. The quantitative estimate of drug-likeness (QED) is 0.283. The number of thiophene rings is 1. The number of fused-ring (bicyclic) bond motifs is 1. The zero-order chi connectivity index (χ0) is 26.7. The van der Waals surface area contributed by atoms with Crippen molar-refractivity contribution in [1.29, 1.82) is 0 Å². The molecule has 2 atom stereocenters. The molecular formula is C28H31NO6S2. The number of methoxy groups -OCH3 is 1. The van der Waals surface area contributed by atoms with E-state index in [0.29, 0.717) is 17.7 Å². The zero-order valence-electron chi connectivity index (χ0n) is 21.4. The molecule has 9 heteroatoms. The second kappa shape index (κ2) is 11.2. The van der Waals surface area contributed by atoms with Crippen LogP contribution in [-0.4, -0.2) is 44.2 Å². The van der Waals surface area contributed by atoms with Gasteiger partial charge in [0.2, 0.25) is 10.0 Å². The molecule has 0 bridgehead atoms. The molecule has 0 fully saturated rings. The number of hydrogen-bond donors (Lipinski definition) is 0. The van der Waals surface area contributed by atoms with Crippen LogP contribution < -0.4 is 4.74 Å². The van der Waals surface area contributed by atoms with Gasteiger partial charge in [-0.1, -0.05) is 37.3 Å². The van der Waals surface area contributed by atoms with Gasteiger partial charge in [-0.15, -0.1) is 11.3 Å². The van der Waals surface area contributed by atoms with Crippen LogP contribution in [0.2, 0.25) is 0 Å². The van der Waals surface area contributed by atoms with E-state index in [2.05, 4.69) is 0 Å². The van der Waals surface area contributed by atoms with Gasteiger partial charge < -0.3 is 9.47 Å². The van der Waals surface area contributed by atoms with Crippen LogP contribution in [0.25, 0.3) is 0 Å². The van der Waals surface area contributed by atoms with Crippen LogP contribution in [-0.2, 0) is 26.1 Å². The third-order valence-corrected chi connectivity index (χ3v) is 9.61. The monoisotopic (exact) mass is 541 g/mol. The zero-order valence-corrected chi connectivity index (χ0v) is 23.0. The van der Waals surface area contributed by atoms with Crippen molar-refractivity contribution in [2.45, 2.75) is 57.1 Å². The van der Waals surface area contributed by atoms with Crippen LogP contribution in [0.5, 0.6) is 5.75 Å². The first kappa shape index (κ1) is 27.0. The molecule has 0 spiro atoms. The first-order valence-corrected chi connectivity index (χ1v) is 14.5. The number of hydrogen-bond acceptors (Lipinski definition) is 7. The van der Waals surface area contributed by atoms with Crippen molar-refractivity contribution in [1.82, 2.24) is 4.31 Å². The molecular weight excluding hydrogens is 510 g/mol. The Bertz CT molecular complexity index is 1410. The summed E-state index contributed by atoms with van der Waals surface area (Å²) in [5.74, 6) is -0.347. The minimum atomic E-state index is -3.79. The normalized spacial score (nSPS) is 17.8. The van der Waals surface area contributed by atoms with Gasteiger partial charge in [-0.25, -0.2) is 8.42 Å². The lowest BCUT2D eigenvalue weighted by Crippen LogP contribution is -2.36. The van der Waals surface area contributed by atoms with E-state index in [9.17, 15) is 18.0 Å². The molecule has 0 amide bonds. The van der Waals surface area contributed by atoms with E-state index >= 15 is 0 Å². The molecule has 196 valence electrons. The Balaban J connectivity index is 1.73. The third-order valence-electron chi connectivity index (χ3n) is 6.71. The second-order valence-corrected chi connectivity index (χ2v) is 12.1. The van der Waals surface area contributed by atoms with Gasteiger partial charge >= 0.3 is 5.97 Å². The molecule has 0 N–H and O–H groups in total. The molecule has 2 heterocycles. The lowest BCUT2D eigenvalue weighted by molar-refractivity contribution is -0.140. The molecule has 2 aromatic carbocycles. The number of sulfonamides is 1. The van der Waals surface area contributed by atoms with Gasteiger partial charge in [-0.3, -0.25) is 9.59 Å². The van der Waals surface area contributed by atoms with Gasteiger partial charge in [0.05, 0.1) is 20.1 Å². The summed E-state index contributed by atoms with van der Waals surface area (Å²) < 4.78 is 39.8. The molecule has 0 saturated carbocycles. The van der Waals surface area contributed by atoms with Gasteiger partial charge in [0.15, 0.2) is 5.78 Å². The topological polar surface area (TPSA) is 90.0 Å². The van der Waals surface area contributed by atoms with E-state index in [-0.39, 0.29) is 48.2 Å². The highest BCUT2D eigenvalue weighted by atomic mass is 32.2. The Morgan fingerprint density at radius 2 is 1.95 bits per heavy atom. The minimum Gasteiger partial charge on any atom is -0.488 e. The average molecular weight is 542 g/mol. The Hall–Kier alpha value is -3.01. The van der Waals surface area contributed by atoms with E-state index in [0.717, 1.165) is 21.6 Å². The number of para-hydroxylation sites is 1. The van der Waals surface area contributed by atoms with Crippen LogP contribution >= 0.6 is 11.3 Å². The maximum absolute atomic E-state index is 13.6. The molecule has 3 aromatic rings. The van der Waals surface area contributed by atoms with Crippen molar-refractivity contribution in [3.63, 3.8) is 0 Å². The largest absolute Gasteiger partial charge is 0.488 e. The fourth-order valence-corrected chi connectivity index (χ4v) is 7.07. The number of aryl methyl sites for hydroxylation is 1. The number of nitrogens with zero attached hydrogens (tertiary/aromatic N) is 1. The van der Waals surface area contributed by atoms with Crippen LogP contribution in [0.1, 0.15) is 64.5 Å². The number of carbonyl (C=O) groups excluding carboxylic acids is 2. The first-order valence-electron chi connectivity index (χ1n) is 12.2. The van der Waals surface area contributed by atoms with Crippen LogP contribution in [0, 0.1) is 6.92 Å². The van der Waals surface area contributed by atoms with Crippen molar-refractivity contribution in [3.8, 4) is 5.75 Å². The average Bonchev–Trinajstić information content (AvgIpc) is 3.34.